The molecule has 25 heavy (non-hydrogen) atoms. The van der Waals surface area contributed by atoms with E-state index in [1.165, 1.54) is 21.8 Å². The number of amides is 1. The van der Waals surface area contributed by atoms with Crippen LogP contribution in [-0.2, 0) is 18.4 Å². The Balaban J connectivity index is 1.53. The maximum atomic E-state index is 12.3. The van der Waals surface area contributed by atoms with E-state index in [-0.39, 0.29) is 18.0 Å². The number of nitrogens with one attached hydrogen (secondary N) is 2. The van der Waals surface area contributed by atoms with Crippen molar-refractivity contribution >= 4 is 22.8 Å². The summed E-state index contributed by atoms with van der Waals surface area (Å²) in [6.45, 7) is 2.79. The van der Waals surface area contributed by atoms with Gasteiger partial charge < -0.3 is 10.6 Å². The first-order chi connectivity index (χ1) is 12.0. The second-order valence-electron chi connectivity index (χ2n) is 5.62. The molecule has 0 aliphatic carbocycles. The van der Waals surface area contributed by atoms with Gasteiger partial charge in [-0.3, -0.25) is 18.8 Å². The highest BCUT2D eigenvalue weighted by molar-refractivity contribution is 5.77. The summed E-state index contributed by atoms with van der Waals surface area (Å²) in [7, 11) is 1.71. The fourth-order valence-corrected chi connectivity index (χ4v) is 2.42. The van der Waals surface area contributed by atoms with Gasteiger partial charge in [0.2, 0.25) is 5.91 Å². The second kappa shape index (κ2) is 7.12. The molecule has 0 bridgehead atoms. The number of pyridine rings is 1. The van der Waals surface area contributed by atoms with Crippen LogP contribution in [0.5, 0.6) is 0 Å². The standard InChI is InChI=1S/C16H19N7O2/c1-11-4-3-5-13(21-11)17-6-7-18-14(24)9-23-10-19-15-12(16(23)25)8-20-22(15)2/h3-5,8,10H,6-7,9H2,1-2H3,(H,17,21)(H,18,24). The number of aryl methyl sites for hydroxylation is 2. The molecule has 3 heterocycles. The lowest BCUT2D eigenvalue weighted by Gasteiger charge is -2.09. The van der Waals surface area contributed by atoms with Crippen molar-refractivity contribution in [3.8, 4) is 0 Å². The van der Waals surface area contributed by atoms with Gasteiger partial charge in [0.25, 0.3) is 5.56 Å². The highest BCUT2D eigenvalue weighted by Gasteiger charge is 2.10. The zero-order valence-electron chi connectivity index (χ0n) is 14.1. The van der Waals surface area contributed by atoms with Gasteiger partial charge in [-0.05, 0) is 19.1 Å². The Hall–Kier alpha value is -3.23. The van der Waals surface area contributed by atoms with Crippen molar-refractivity contribution in [2.24, 2.45) is 7.05 Å². The molecule has 0 aliphatic rings. The average molecular weight is 341 g/mol. The van der Waals surface area contributed by atoms with E-state index >= 15 is 0 Å². The van der Waals surface area contributed by atoms with Gasteiger partial charge in [0.05, 0.1) is 6.20 Å². The molecule has 2 N–H and O–H groups in total. The molecule has 0 unspecified atom stereocenters. The third-order valence-electron chi connectivity index (χ3n) is 3.67. The van der Waals surface area contributed by atoms with Crippen molar-refractivity contribution in [1.29, 1.82) is 0 Å². The Kier molecular flexibility index (Phi) is 4.73. The predicted octanol–water partition coefficient (Wildman–Crippen LogP) is 0.0617. The van der Waals surface area contributed by atoms with Gasteiger partial charge in [-0.1, -0.05) is 6.07 Å². The Labute approximate surface area is 143 Å². The van der Waals surface area contributed by atoms with Gasteiger partial charge in [0, 0.05) is 25.8 Å². The molecule has 9 nitrogen and oxygen atoms in total. The maximum absolute atomic E-state index is 12.3. The van der Waals surface area contributed by atoms with Crippen molar-refractivity contribution in [2.75, 3.05) is 18.4 Å². The number of carbonyl (C=O) groups excluding carboxylic acids is 1. The first kappa shape index (κ1) is 16.6. The van der Waals surface area contributed by atoms with E-state index in [2.05, 4.69) is 25.7 Å². The Morgan fingerprint density at radius 3 is 2.92 bits per heavy atom. The molecule has 0 saturated heterocycles. The third-order valence-corrected chi connectivity index (χ3v) is 3.67. The summed E-state index contributed by atoms with van der Waals surface area (Å²) in [6, 6.07) is 5.69. The van der Waals surface area contributed by atoms with Gasteiger partial charge in [-0.15, -0.1) is 0 Å². The molecule has 0 spiro atoms. The lowest BCUT2D eigenvalue weighted by Crippen LogP contribution is -2.34. The summed E-state index contributed by atoms with van der Waals surface area (Å²) >= 11 is 0. The van der Waals surface area contributed by atoms with Crippen molar-refractivity contribution in [1.82, 2.24) is 29.6 Å². The van der Waals surface area contributed by atoms with E-state index in [9.17, 15) is 9.59 Å². The van der Waals surface area contributed by atoms with E-state index < -0.39 is 0 Å². The van der Waals surface area contributed by atoms with Gasteiger partial charge in [0.1, 0.15) is 24.1 Å². The summed E-state index contributed by atoms with van der Waals surface area (Å²) in [5.41, 5.74) is 1.14. The molecule has 0 atom stereocenters. The number of hydrogen-bond donors (Lipinski definition) is 2. The van der Waals surface area contributed by atoms with Crippen LogP contribution >= 0.6 is 0 Å². The van der Waals surface area contributed by atoms with Crippen molar-refractivity contribution in [2.45, 2.75) is 13.5 Å². The molecule has 3 aromatic heterocycles. The Bertz CT molecular complexity index is 961. The molecule has 0 fully saturated rings. The molecular formula is C16H19N7O2. The largest absolute Gasteiger partial charge is 0.368 e. The van der Waals surface area contributed by atoms with Crippen LogP contribution in [0.25, 0.3) is 11.0 Å². The summed E-state index contributed by atoms with van der Waals surface area (Å²) in [6.07, 6.45) is 2.82. The lowest BCUT2D eigenvalue weighted by atomic mass is 10.4. The van der Waals surface area contributed by atoms with Crippen molar-refractivity contribution < 1.29 is 4.79 Å². The highest BCUT2D eigenvalue weighted by Crippen LogP contribution is 2.03. The number of carbonyl (C=O) groups is 1. The van der Waals surface area contributed by atoms with Crippen molar-refractivity contribution in [3.63, 3.8) is 0 Å². The lowest BCUT2D eigenvalue weighted by molar-refractivity contribution is -0.121. The summed E-state index contributed by atoms with van der Waals surface area (Å²) in [4.78, 5) is 32.8. The molecule has 3 rings (SSSR count). The zero-order valence-corrected chi connectivity index (χ0v) is 14.1. The second-order valence-corrected chi connectivity index (χ2v) is 5.62. The minimum atomic E-state index is -0.282. The summed E-state index contributed by atoms with van der Waals surface area (Å²) in [5, 5.41) is 10.3. The molecule has 0 aromatic carbocycles. The monoisotopic (exact) mass is 341 g/mol. The number of fused-ring (bicyclic) bond motifs is 1. The number of aromatic nitrogens is 5. The van der Waals surface area contributed by atoms with E-state index in [1.807, 2.05) is 25.1 Å². The number of anilines is 1. The maximum Gasteiger partial charge on any atom is 0.264 e. The Morgan fingerprint density at radius 2 is 2.12 bits per heavy atom. The molecule has 9 heteroatoms. The van der Waals surface area contributed by atoms with Crippen LogP contribution in [0.15, 0.2) is 35.5 Å². The molecule has 130 valence electrons. The summed E-state index contributed by atoms with van der Waals surface area (Å²) < 4.78 is 2.79. The normalized spacial score (nSPS) is 10.8. The van der Waals surface area contributed by atoms with Gasteiger partial charge in [-0.25, -0.2) is 9.97 Å². The molecule has 0 saturated carbocycles. The van der Waals surface area contributed by atoms with E-state index in [0.29, 0.717) is 24.1 Å². The average Bonchev–Trinajstić information content (AvgIpc) is 2.96. The van der Waals surface area contributed by atoms with Gasteiger partial charge in [-0.2, -0.15) is 5.10 Å². The molecule has 0 aliphatic heterocycles. The number of hydrogen-bond acceptors (Lipinski definition) is 6. The smallest absolute Gasteiger partial charge is 0.264 e. The van der Waals surface area contributed by atoms with Crippen LogP contribution in [0.2, 0.25) is 0 Å². The molecule has 1 amide bonds. The topological polar surface area (TPSA) is 107 Å². The minimum Gasteiger partial charge on any atom is -0.368 e. The fourth-order valence-electron chi connectivity index (χ4n) is 2.42. The van der Waals surface area contributed by atoms with Crippen molar-refractivity contribution in [3.05, 3.63) is 46.8 Å². The van der Waals surface area contributed by atoms with E-state index in [0.717, 1.165) is 11.5 Å². The van der Waals surface area contributed by atoms with Crippen LogP contribution in [0, 0.1) is 6.92 Å². The minimum absolute atomic E-state index is 0.0840. The zero-order chi connectivity index (χ0) is 17.8. The molecule has 3 aromatic rings. The van der Waals surface area contributed by atoms with E-state index in [4.69, 9.17) is 0 Å². The van der Waals surface area contributed by atoms with Crippen LogP contribution < -0.4 is 16.2 Å². The van der Waals surface area contributed by atoms with Crippen LogP contribution in [0.3, 0.4) is 0 Å². The summed E-state index contributed by atoms with van der Waals surface area (Å²) in [5.74, 6) is 0.503. The van der Waals surface area contributed by atoms with Crippen LogP contribution in [0.1, 0.15) is 5.69 Å². The van der Waals surface area contributed by atoms with Gasteiger partial charge in [0.15, 0.2) is 5.65 Å². The Morgan fingerprint density at radius 1 is 1.28 bits per heavy atom. The SMILES string of the molecule is Cc1cccc(NCCNC(=O)Cn2cnc3c(cnn3C)c2=O)n1. The predicted molar refractivity (Wildman–Crippen MR) is 93.2 cm³/mol. The third kappa shape index (κ3) is 3.82. The van der Waals surface area contributed by atoms with Crippen LogP contribution in [0.4, 0.5) is 5.82 Å². The highest BCUT2D eigenvalue weighted by atomic mass is 16.2. The molecule has 0 radical (unpaired) electrons. The molecular weight excluding hydrogens is 322 g/mol. The van der Waals surface area contributed by atoms with E-state index in [1.54, 1.807) is 7.05 Å². The first-order valence-corrected chi connectivity index (χ1v) is 7.86. The number of rotatable bonds is 6. The van der Waals surface area contributed by atoms with Crippen LogP contribution in [-0.4, -0.2) is 43.3 Å². The first-order valence-electron chi connectivity index (χ1n) is 7.86. The number of nitrogens with zero attached hydrogens (tertiary/aromatic N) is 5. The van der Waals surface area contributed by atoms with Gasteiger partial charge >= 0.3 is 0 Å². The fraction of sp³-hybridized carbons (Fsp3) is 0.312. The quantitative estimate of drug-likeness (QED) is 0.614.